The van der Waals surface area contributed by atoms with Crippen molar-refractivity contribution >= 4 is 32.9 Å². The molecule has 1 aromatic heterocycles. The average Bonchev–Trinajstić information content (AvgIpc) is 2.94. The Morgan fingerprint density at radius 3 is 2.90 bits per heavy atom. The van der Waals surface area contributed by atoms with Crippen LogP contribution in [0.1, 0.15) is 25.7 Å². The lowest BCUT2D eigenvalue weighted by Crippen LogP contribution is -2.43. The molecule has 1 fully saturated rings. The Morgan fingerprint density at radius 2 is 2.19 bits per heavy atom. The summed E-state index contributed by atoms with van der Waals surface area (Å²) in [5.41, 5.74) is 2.62. The largest absolute Gasteiger partial charge is 0.391 e. The number of nitrogens with zero attached hydrogens (tertiary/aromatic N) is 3. The van der Waals surface area contributed by atoms with Gasteiger partial charge in [0, 0.05) is 7.05 Å². The van der Waals surface area contributed by atoms with Crippen LogP contribution in [0.15, 0.2) is 17.6 Å². The summed E-state index contributed by atoms with van der Waals surface area (Å²) in [5, 5.41) is 21.7. The van der Waals surface area contributed by atoms with Gasteiger partial charge in [-0.2, -0.15) is 0 Å². The van der Waals surface area contributed by atoms with Crippen molar-refractivity contribution in [2.75, 3.05) is 11.9 Å². The number of hydrogen-bond donors (Lipinski definition) is 1. The van der Waals surface area contributed by atoms with Gasteiger partial charge in [-0.05, 0) is 25.0 Å². The molecule has 1 N–H and O–H groups in total. The van der Waals surface area contributed by atoms with Gasteiger partial charge in [-0.25, -0.2) is 4.98 Å². The quantitative estimate of drug-likeness (QED) is 0.696. The summed E-state index contributed by atoms with van der Waals surface area (Å²) >= 11 is 1.39. The van der Waals surface area contributed by atoms with Crippen LogP contribution in [0.3, 0.4) is 0 Å². The number of aliphatic hydroxyl groups excluding tert-OH is 1. The van der Waals surface area contributed by atoms with Gasteiger partial charge in [0.1, 0.15) is 5.69 Å². The van der Waals surface area contributed by atoms with Crippen molar-refractivity contribution in [3.05, 3.63) is 27.8 Å². The number of aromatic nitrogens is 1. The number of nitro groups is 1. The third-order valence-electron chi connectivity index (χ3n) is 4.21. The van der Waals surface area contributed by atoms with E-state index in [0.29, 0.717) is 11.2 Å². The van der Waals surface area contributed by atoms with E-state index in [-0.39, 0.29) is 16.7 Å². The number of nitro benzene ring substituents is 1. The van der Waals surface area contributed by atoms with E-state index < -0.39 is 6.10 Å². The van der Waals surface area contributed by atoms with E-state index in [1.807, 2.05) is 18.0 Å². The molecular weight excluding hydrogens is 290 g/mol. The number of rotatable bonds is 3. The van der Waals surface area contributed by atoms with Gasteiger partial charge in [-0.15, -0.1) is 11.3 Å². The highest BCUT2D eigenvalue weighted by molar-refractivity contribution is 7.16. The number of hydrogen-bond acceptors (Lipinski definition) is 6. The molecule has 0 radical (unpaired) electrons. The molecule has 0 bridgehead atoms. The number of likely N-dealkylation sites (N-methyl/N-ethyl adjacent to an activating group) is 1. The molecule has 0 saturated heterocycles. The molecule has 1 heterocycles. The fourth-order valence-electron chi connectivity index (χ4n) is 3.09. The van der Waals surface area contributed by atoms with E-state index in [0.717, 1.165) is 30.4 Å². The lowest BCUT2D eigenvalue weighted by Gasteiger charge is -2.36. The molecule has 1 aromatic carbocycles. The Hall–Kier alpha value is -1.73. The Labute approximate surface area is 126 Å². The molecule has 0 spiro atoms. The first-order chi connectivity index (χ1) is 10.1. The molecule has 1 aliphatic carbocycles. The second kappa shape index (κ2) is 5.57. The molecule has 0 aliphatic heterocycles. The number of thiazole rings is 1. The molecule has 6 nitrogen and oxygen atoms in total. The summed E-state index contributed by atoms with van der Waals surface area (Å²) in [5.74, 6) is 0. The van der Waals surface area contributed by atoms with Gasteiger partial charge in [0.05, 0.1) is 27.3 Å². The minimum absolute atomic E-state index is 0.0361. The molecule has 1 saturated carbocycles. The van der Waals surface area contributed by atoms with Crippen molar-refractivity contribution in [1.29, 1.82) is 0 Å². The maximum atomic E-state index is 11.5. The Morgan fingerprint density at radius 1 is 1.43 bits per heavy atom. The van der Waals surface area contributed by atoms with Crippen LogP contribution < -0.4 is 4.90 Å². The Balaban J connectivity index is 2.06. The van der Waals surface area contributed by atoms with Gasteiger partial charge in [0.2, 0.25) is 0 Å². The number of aliphatic hydroxyl groups is 1. The van der Waals surface area contributed by atoms with E-state index in [1.165, 1.54) is 11.3 Å². The fourth-order valence-corrected chi connectivity index (χ4v) is 3.77. The summed E-state index contributed by atoms with van der Waals surface area (Å²) in [6.07, 6.45) is 3.22. The van der Waals surface area contributed by atoms with Crippen LogP contribution in [0, 0.1) is 10.1 Å². The van der Waals surface area contributed by atoms with Gasteiger partial charge in [-0.3, -0.25) is 10.1 Å². The zero-order chi connectivity index (χ0) is 15.0. The van der Waals surface area contributed by atoms with Gasteiger partial charge in [-0.1, -0.05) is 12.8 Å². The van der Waals surface area contributed by atoms with E-state index in [4.69, 9.17) is 0 Å². The van der Waals surface area contributed by atoms with Crippen LogP contribution in [0.2, 0.25) is 0 Å². The summed E-state index contributed by atoms with van der Waals surface area (Å²) in [6.45, 7) is 0. The minimum Gasteiger partial charge on any atom is -0.391 e. The monoisotopic (exact) mass is 307 g/mol. The van der Waals surface area contributed by atoms with E-state index in [1.54, 1.807) is 11.6 Å². The molecule has 112 valence electrons. The normalized spacial score (nSPS) is 22.4. The Bertz CT molecular complexity index is 673. The summed E-state index contributed by atoms with van der Waals surface area (Å²) < 4.78 is 0.808. The van der Waals surface area contributed by atoms with Crippen LogP contribution in [0.5, 0.6) is 0 Å². The Kier molecular flexibility index (Phi) is 3.77. The van der Waals surface area contributed by atoms with Crippen LogP contribution in [-0.2, 0) is 0 Å². The predicted octanol–water partition coefficient (Wildman–Crippen LogP) is 2.94. The van der Waals surface area contributed by atoms with Crippen molar-refractivity contribution in [3.8, 4) is 0 Å². The molecule has 2 atom stereocenters. The first-order valence-electron chi connectivity index (χ1n) is 7.01. The van der Waals surface area contributed by atoms with E-state index in [2.05, 4.69) is 4.98 Å². The highest BCUT2D eigenvalue weighted by Crippen LogP contribution is 2.38. The van der Waals surface area contributed by atoms with Crippen LogP contribution >= 0.6 is 11.3 Å². The first kappa shape index (κ1) is 14.2. The highest BCUT2D eigenvalue weighted by Gasteiger charge is 2.31. The number of fused-ring (bicyclic) bond motifs is 1. The van der Waals surface area contributed by atoms with E-state index >= 15 is 0 Å². The third-order valence-corrected chi connectivity index (χ3v) is 5.00. The lowest BCUT2D eigenvalue weighted by atomic mass is 9.91. The standard InChI is InChI=1S/C14H17N3O3S/c1-16(9-4-2-3-5-11(9)18)10-6-7-12-13(15-8-21-12)14(10)17(19)20/h6-9,11,18H,2-5H2,1H3. The van der Waals surface area contributed by atoms with Gasteiger partial charge < -0.3 is 10.0 Å². The number of anilines is 1. The summed E-state index contributed by atoms with van der Waals surface area (Å²) in [4.78, 5) is 17.1. The van der Waals surface area contributed by atoms with Gasteiger partial charge in [0.25, 0.3) is 0 Å². The average molecular weight is 307 g/mol. The molecule has 1 aliphatic rings. The van der Waals surface area contributed by atoms with Crippen LogP contribution in [0.4, 0.5) is 11.4 Å². The van der Waals surface area contributed by atoms with Crippen LogP contribution in [0.25, 0.3) is 10.2 Å². The van der Waals surface area contributed by atoms with Gasteiger partial charge >= 0.3 is 5.69 Å². The predicted molar refractivity (Wildman–Crippen MR) is 82.9 cm³/mol. The van der Waals surface area contributed by atoms with Crippen molar-refractivity contribution in [2.24, 2.45) is 0 Å². The van der Waals surface area contributed by atoms with Crippen molar-refractivity contribution < 1.29 is 10.0 Å². The van der Waals surface area contributed by atoms with E-state index in [9.17, 15) is 15.2 Å². The van der Waals surface area contributed by atoms with Crippen LogP contribution in [-0.4, -0.2) is 34.2 Å². The second-order valence-electron chi connectivity index (χ2n) is 5.42. The molecule has 2 aromatic rings. The van der Waals surface area contributed by atoms with Crippen molar-refractivity contribution in [3.63, 3.8) is 0 Å². The maximum Gasteiger partial charge on any atom is 0.319 e. The topological polar surface area (TPSA) is 79.5 Å². The highest BCUT2D eigenvalue weighted by atomic mass is 32.1. The van der Waals surface area contributed by atoms with Crippen molar-refractivity contribution in [2.45, 2.75) is 37.8 Å². The number of benzene rings is 1. The van der Waals surface area contributed by atoms with Gasteiger partial charge in [0.15, 0.2) is 5.52 Å². The molecule has 3 rings (SSSR count). The molecule has 0 amide bonds. The smallest absolute Gasteiger partial charge is 0.319 e. The third kappa shape index (κ3) is 2.47. The zero-order valence-corrected chi connectivity index (χ0v) is 12.5. The second-order valence-corrected chi connectivity index (χ2v) is 6.31. The summed E-state index contributed by atoms with van der Waals surface area (Å²) in [6, 6.07) is 3.55. The zero-order valence-electron chi connectivity index (χ0n) is 11.7. The molecular formula is C14H17N3O3S. The molecule has 7 heteroatoms. The molecule has 2 unspecified atom stereocenters. The molecule has 21 heavy (non-hydrogen) atoms. The van der Waals surface area contributed by atoms with Crippen molar-refractivity contribution in [1.82, 2.24) is 4.98 Å². The first-order valence-corrected chi connectivity index (χ1v) is 7.89. The minimum atomic E-state index is -0.436. The fraction of sp³-hybridized carbons (Fsp3) is 0.500. The maximum absolute atomic E-state index is 11.5. The SMILES string of the molecule is CN(c1ccc2scnc2c1[N+](=O)[O-])C1CCCCC1O. The summed E-state index contributed by atoms with van der Waals surface area (Å²) in [7, 11) is 1.82. The lowest BCUT2D eigenvalue weighted by molar-refractivity contribution is -0.382.